The Morgan fingerprint density at radius 1 is 1.39 bits per heavy atom. The SMILES string of the molecule is NCC(=O)c1ccc(CN2CCOCC2)c(F)c1. The molecule has 1 aromatic rings. The molecule has 0 unspecified atom stereocenters. The molecule has 1 aliphatic rings. The Kier molecular flexibility index (Phi) is 4.41. The number of carbonyl (C=O) groups is 1. The van der Waals surface area contributed by atoms with E-state index in [1.54, 1.807) is 12.1 Å². The van der Waals surface area contributed by atoms with Crippen LogP contribution < -0.4 is 5.73 Å². The second-order valence-electron chi connectivity index (χ2n) is 4.32. The molecule has 1 saturated heterocycles. The minimum absolute atomic E-state index is 0.0950. The van der Waals surface area contributed by atoms with E-state index in [0.29, 0.717) is 30.9 Å². The van der Waals surface area contributed by atoms with Gasteiger partial charge in [0, 0.05) is 30.8 Å². The minimum atomic E-state index is -0.346. The quantitative estimate of drug-likeness (QED) is 0.805. The molecular formula is C13H17FN2O2. The maximum atomic E-state index is 13.9. The van der Waals surface area contributed by atoms with Crippen molar-refractivity contribution >= 4 is 5.78 Å². The zero-order valence-corrected chi connectivity index (χ0v) is 10.2. The Bertz CT molecular complexity index is 431. The third kappa shape index (κ3) is 3.13. The third-order valence-corrected chi connectivity index (χ3v) is 3.06. The fraction of sp³-hybridized carbons (Fsp3) is 0.462. The van der Waals surface area contributed by atoms with Gasteiger partial charge in [0.15, 0.2) is 5.78 Å². The van der Waals surface area contributed by atoms with Crippen molar-refractivity contribution in [1.29, 1.82) is 0 Å². The van der Waals surface area contributed by atoms with Crippen LogP contribution in [0.1, 0.15) is 15.9 Å². The summed E-state index contributed by atoms with van der Waals surface area (Å²) in [6.45, 7) is 3.44. The summed E-state index contributed by atoms with van der Waals surface area (Å²) in [5, 5.41) is 0. The predicted molar refractivity (Wildman–Crippen MR) is 65.9 cm³/mol. The molecule has 0 aromatic heterocycles. The van der Waals surface area contributed by atoms with Crippen molar-refractivity contribution in [3.05, 3.63) is 35.1 Å². The van der Waals surface area contributed by atoms with Gasteiger partial charge in [-0.25, -0.2) is 4.39 Å². The molecule has 1 heterocycles. The highest BCUT2D eigenvalue weighted by Crippen LogP contribution is 2.14. The van der Waals surface area contributed by atoms with E-state index in [9.17, 15) is 9.18 Å². The van der Waals surface area contributed by atoms with Crippen LogP contribution in [0, 0.1) is 5.82 Å². The van der Waals surface area contributed by atoms with Gasteiger partial charge in [-0.3, -0.25) is 9.69 Å². The highest BCUT2D eigenvalue weighted by Gasteiger charge is 2.14. The van der Waals surface area contributed by atoms with Gasteiger partial charge in [0.25, 0.3) is 0 Å². The minimum Gasteiger partial charge on any atom is -0.379 e. The van der Waals surface area contributed by atoms with Gasteiger partial charge in [-0.15, -0.1) is 0 Å². The van der Waals surface area contributed by atoms with Gasteiger partial charge in [0.1, 0.15) is 5.82 Å². The Hall–Kier alpha value is -1.30. The van der Waals surface area contributed by atoms with Crippen molar-refractivity contribution in [3.8, 4) is 0 Å². The molecular weight excluding hydrogens is 235 g/mol. The number of morpholine rings is 1. The van der Waals surface area contributed by atoms with Crippen molar-refractivity contribution < 1.29 is 13.9 Å². The van der Waals surface area contributed by atoms with E-state index in [1.165, 1.54) is 6.07 Å². The van der Waals surface area contributed by atoms with E-state index in [1.807, 2.05) is 0 Å². The average Bonchev–Trinajstić information content (AvgIpc) is 2.41. The Labute approximate surface area is 106 Å². The van der Waals surface area contributed by atoms with Crippen molar-refractivity contribution in [2.24, 2.45) is 5.73 Å². The molecule has 1 aliphatic heterocycles. The molecule has 0 saturated carbocycles. The number of Topliss-reactive ketones (excluding diaryl/α,β-unsaturated/α-hetero) is 1. The van der Waals surface area contributed by atoms with Crippen LogP contribution in [0.25, 0.3) is 0 Å². The number of ketones is 1. The molecule has 0 aliphatic carbocycles. The summed E-state index contributed by atoms with van der Waals surface area (Å²) in [6.07, 6.45) is 0. The van der Waals surface area contributed by atoms with Crippen LogP contribution in [0.2, 0.25) is 0 Å². The zero-order chi connectivity index (χ0) is 13.0. The predicted octanol–water partition coefficient (Wildman–Crippen LogP) is 0.799. The van der Waals surface area contributed by atoms with Crippen molar-refractivity contribution in [2.45, 2.75) is 6.54 Å². The summed E-state index contributed by atoms with van der Waals surface area (Å²) in [6, 6.07) is 4.56. The molecule has 98 valence electrons. The summed E-state index contributed by atoms with van der Waals surface area (Å²) < 4.78 is 19.1. The number of halogens is 1. The van der Waals surface area contributed by atoms with Crippen LogP contribution in [0.15, 0.2) is 18.2 Å². The zero-order valence-electron chi connectivity index (χ0n) is 10.2. The smallest absolute Gasteiger partial charge is 0.176 e. The highest BCUT2D eigenvalue weighted by molar-refractivity contribution is 5.97. The highest BCUT2D eigenvalue weighted by atomic mass is 19.1. The molecule has 1 fully saturated rings. The van der Waals surface area contributed by atoms with E-state index in [4.69, 9.17) is 10.5 Å². The second kappa shape index (κ2) is 6.04. The Morgan fingerprint density at radius 3 is 2.72 bits per heavy atom. The molecule has 5 heteroatoms. The van der Waals surface area contributed by atoms with Gasteiger partial charge in [0.2, 0.25) is 0 Å². The largest absolute Gasteiger partial charge is 0.379 e. The van der Waals surface area contributed by atoms with E-state index in [-0.39, 0.29) is 18.1 Å². The first-order valence-corrected chi connectivity index (χ1v) is 6.02. The maximum absolute atomic E-state index is 13.9. The molecule has 0 atom stereocenters. The molecule has 0 amide bonds. The monoisotopic (exact) mass is 252 g/mol. The van der Waals surface area contributed by atoms with E-state index in [0.717, 1.165) is 13.1 Å². The number of ether oxygens (including phenoxy) is 1. The Morgan fingerprint density at radius 2 is 2.11 bits per heavy atom. The number of nitrogens with zero attached hydrogens (tertiary/aromatic N) is 1. The lowest BCUT2D eigenvalue weighted by Crippen LogP contribution is -2.35. The van der Waals surface area contributed by atoms with Gasteiger partial charge >= 0.3 is 0 Å². The first-order valence-electron chi connectivity index (χ1n) is 6.02. The van der Waals surface area contributed by atoms with E-state index in [2.05, 4.69) is 4.90 Å². The topological polar surface area (TPSA) is 55.6 Å². The van der Waals surface area contributed by atoms with Crippen LogP contribution in [0.4, 0.5) is 4.39 Å². The number of hydrogen-bond acceptors (Lipinski definition) is 4. The normalized spacial score (nSPS) is 16.8. The number of benzene rings is 1. The molecule has 0 bridgehead atoms. The molecule has 2 rings (SSSR count). The summed E-state index contributed by atoms with van der Waals surface area (Å²) in [4.78, 5) is 13.5. The lowest BCUT2D eigenvalue weighted by Gasteiger charge is -2.26. The van der Waals surface area contributed by atoms with Crippen molar-refractivity contribution in [2.75, 3.05) is 32.8 Å². The maximum Gasteiger partial charge on any atom is 0.176 e. The summed E-state index contributed by atoms with van der Waals surface area (Å²) in [5.74, 6) is -0.590. The van der Waals surface area contributed by atoms with Crippen LogP contribution in [0.5, 0.6) is 0 Å². The van der Waals surface area contributed by atoms with Gasteiger partial charge in [-0.2, -0.15) is 0 Å². The van der Waals surface area contributed by atoms with Crippen LogP contribution >= 0.6 is 0 Å². The number of rotatable bonds is 4. The van der Waals surface area contributed by atoms with Gasteiger partial charge in [0.05, 0.1) is 19.8 Å². The summed E-state index contributed by atoms with van der Waals surface area (Å²) >= 11 is 0. The first kappa shape index (κ1) is 13.1. The van der Waals surface area contributed by atoms with E-state index >= 15 is 0 Å². The van der Waals surface area contributed by atoms with Crippen molar-refractivity contribution in [1.82, 2.24) is 4.90 Å². The first-order chi connectivity index (χ1) is 8.70. The standard InChI is InChI=1S/C13H17FN2O2/c14-12-7-10(13(17)8-15)1-2-11(12)9-16-3-5-18-6-4-16/h1-2,7H,3-6,8-9,15H2. The number of carbonyl (C=O) groups excluding carboxylic acids is 1. The van der Waals surface area contributed by atoms with Gasteiger partial charge < -0.3 is 10.5 Å². The fourth-order valence-corrected chi connectivity index (χ4v) is 1.97. The van der Waals surface area contributed by atoms with Crippen molar-refractivity contribution in [3.63, 3.8) is 0 Å². The molecule has 2 N–H and O–H groups in total. The molecule has 18 heavy (non-hydrogen) atoms. The third-order valence-electron chi connectivity index (χ3n) is 3.06. The lowest BCUT2D eigenvalue weighted by molar-refractivity contribution is 0.0337. The van der Waals surface area contributed by atoms with Crippen LogP contribution in [-0.2, 0) is 11.3 Å². The average molecular weight is 252 g/mol. The second-order valence-corrected chi connectivity index (χ2v) is 4.32. The summed E-state index contributed by atoms with van der Waals surface area (Å²) in [7, 11) is 0. The van der Waals surface area contributed by atoms with Gasteiger partial charge in [-0.1, -0.05) is 12.1 Å². The summed E-state index contributed by atoms with van der Waals surface area (Å²) in [5.41, 5.74) is 6.18. The molecule has 4 nitrogen and oxygen atoms in total. The fourth-order valence-electron chi connectivity index (χ4n) is 1.97. The van der Waals surface area contributed by atoms with Crippen LogP contribution in [-0.4, -0.2) is 43.5 Å². The Balaban J connectivity index is 2.07. The number of hydrogen-bond donors (Lipinski definition) is 1. The lowest BCUT2D eigenvalue weighted by atomic mass is 10.1. The molecule has 0 spiro atoms. The molecule has 0 radical (unpaired) electrons. The van der Waals surface area contributed by atoms with Crippen LogP contribution in [0.3, 0.4) is 0 Å². The molecule has 1 aromatic carbocycles. The van der Waals surface area contributed by atoms with Gasteiger partial charge in [-0.05, 0) is 6.07 Å². The van der Waals surface area contributed by atoms with E-state index < -0.39 is 0 Å². The number of nitrogens with two attached hydrogens (primary N) is 1.